The number of para-hydroxylation sites is 1. The van der Waals surface area contributed by atoms with Crippen LogP contribution in [0.2, 0.25) is 0 Å². The Kier molecular flexibility index (Phi) is 13.5. The Labute approximate surface area is 283 Å². The quantitative estimate of drug-likeness (QED) is 0.0459. The number of carbonyl (C=O) groups is 2. The molecule has 0 aliphatic heterocycles. The fourth-order valence-electron chi connectivity index (χ4n) is 5.02. The lowest BCUT2D eigenvalue weighted by Crippen LogP contribution is -2.10. The van der Waals surface area contributed by atoms with Gasteiger partial charge in [-0.3, -0.25) is 4.79 Å². The van der Waals surface area contributed by atoms with E-state index in [1.807, 2.05) is 92.6 Å². The van der Waals surface area contributed by atoms with Crippen LogP contribution in [0.1, 0.15) is 64.1 Å². The molecule has 0 aliphatic carbocycles. The fraction of sp³-hybridized carbons (Fsp3) is 0.300. The molecule has 0 aromatic heterocycles. The van der Waals surface area contributed by atoms with Gasteiger partial charge in [0.2, 0.25) is 0 Å². The van der Waals surface area contributed by atoms with Crippen molar-refractivity contribution >= 4 is 11.8 Å². The lowest BCUT2D eigenvalue weighted by molar-refractivity contribution is 0.0597. The summed E-state index contributed by atoms with van der Waals surface area (Å²) in [5.41, 5.74) is 3.71. The summed E-state index contributed by atoms with van der Waals surface area (Å²) in [4.78, 5) is 27.3. The molecule has 0 saturated heterocycles. The van der Waals surface area contributed by atoms with Crippen molar-refractivity contribution in [3.05, 3.63) is 125 Å². The van der Waals surface area contributed by atoms with Gasteiger partial charge in [0.05, 0.1) is 25.9 Å². The highest BCUT2D eigenvalue weighted by Crippen LogP contribution is 2.35. The second-order valence-electron chi connectivity index (χ2n) is 11.4. The first-order valence-electron chi connectivity index (χ1n) is 16.3. The van der Waals surface area contributed by atoms with Crippen LogP contribution in [-0.2, 0) is 24.2 Å². The predicted octanol–water partition coefficient (Wildman–Crippen LogP) is 8.47. The molecule has 8 nitrogen and oxygen atoms in total. The molecule has 0 heterocycles. The van der Waals surface area contributed by atoms with E-state index in [4.69, 9.17) is 23.7 Å². The maximum absolute atomic E-state index is 13.2. The number of benzene rings is 4. The molecule has 0 fully saturated rings. The third-order valence-electron chi connectivity index (χ3n) is 7.48. The molecule has 4 rings (SSSR count). The van der Waals surface area contributed by atoms with Crippen molar-refractivity contribution in [1.82, 2.24) is 4.90 Å². The maximum Gasteiger partial charge on any atom is 0.341 e. The van der Waals surface area contributed by atoms with Gasteiger partial charge < -0.3 is 28.6 Å². The Bertz CT molecular complexity index is 1680. The minimum atomic E-state index is -0.460. The summed E-state index contributed by atoms with van der Waals surface area (Å²) in [5, 5.41) is 0. The van der Waals surface area contributed by atoms with Crippen molar-refractivity contribution in [3.8, 4) is 28.7 Å². The van der Waals surface area contributed by atoms with Gasteiger partial charge in [0.15, 0.2) is 5.78 Å². The van der Waals surface area contributed by atoms with E-state index >= 15 is 0 Å². The van der Waals surface area contributed by atoms with Gasteiger partial charge >= 0.3 is 5.97 Å². The van der Waals surface area contributed by atoms with Crippen LogP contribution in [0.5, 0.6) is 28.7 Å². The summed E-state index contributed by atoms with van der Waals surface area (Å²) in [6, 6.07) is 26.2. The molecule has 0 spiro atoms. The van der Waals surface area contributed by atoms with Crippen LogP contribution >= 0.6 is 0 Å². The van der Waals surface area contributed by atoms with Crippen molar-refractivity contribution in [2.75, 3.05) is 34.4 Å². The number of nitrogens with zero attached hydrogens (tertiary/aromatic N) is 1. The van der Waals surface area contributed by atoms with E-state index in [-0.39, 0.29) is 5.78 Å². The van der Waals surface area contributed by atoms with Crippen molar-refractivity contribution in [1.29, 1.82) is 0 Å². The number of rotatable bonds is 18. The molecular formula is C40H45NO7. The van der Waals surface area contributed by atoms with Gasteiger partial charge in [-0.15, -0.1) is 0 Å². The summed E-state index contributed by atoms with van der Waals surface area (Å²) in [6.07, 6.45) is 6.21. The van der Waals surface area contributed by atoms with Crippen LogP contribution in [0.4, 0.5) is 0 Å². The first kappa shape index (κ1) is 35.6. The van der Waals surface area contributed by atoms with E-state index in [0.717, 1.165) is 35.3 Å². The van der Waals surface area contributed by atoms with Crippen molar-refractivity contribution < 1.29 is 33.3 Å². The molecule has 4 aromatic carbocycles. The standard InChI is InChI=1S/C40H45NO7/c1-6-15-31-35(20-13-21-36(31)48-37-19-12-11-18-32(37)40(43)44-5)45-24-14-25-46-38-27-39(47-28-29-16-9-8-10-17-29)33(26-30(38)7-2)34(42)22-23-41(3)4/h8-13,16-23,26-27H,6-7,14-15,24-25,28H2,1-5H3/b23-22+. The minimum absolute atomic E-state index is 0.135. The Balaban J connectivity index is 1.45. The minimum Gasteiger partial charge on any atom is -0.493 e. The third kappa shape index (κ3) is 9.88. The number of ether oxygens (including phenoxy) is 5. The van der Waals surface area contributed by atoms with E-state index in [0.29, 0.717) is 66.8 Å². The number of methoxy groups -OCH3 is 1. The zero-order valence-corrected chi connectivity index (χ0v) is 28.5. The molecule has 0 atom stereocenters. The summed E-state index contributed by atoms with van der Waals surface area (Å²) in [7, 11) is 5.09. The summed E-state index contributed by atoms with van der Waals surface area (Å²) >= 11 is 0. The number of allylic oxidation sites excluding steroid dienone is 1. The molecule has 252 valence electrons. The van der Waals surface area contributed by atoms with Crippen LogP contribution in [0, 0.1) is 0 Å². The number of carbonyl (C=O) groups excluding carboxylic acids is 2. The molecule has 0 aliphatic rings. The largest absolute Gasteiger partial charge is 0.493 e. The lowest BCUT2D eigenvalue weighted by atomic mass is 10.0. The Morgan fingerprint density at radius 2 is 1.42 bits per heavy atom. The number of hydrogen-bond donors (Lipinski definition) is 0. The van der Waals surface area contributed by atoms with Crippen LogP contribution in [0.25, 0.3) is 0 Å². The molecule has 0 unspecified atom stereocenters. The highest BCUT2D eigenvalue weighted by Gasteiger charge is 2.18. The van der Waals surface area contributed by atoms with Gasteiger partial charge in [-0.1, -0.05) is 68.8 Å². The van der Waals surface area contributed by atoms with E-state index < -0.39 is 5.97 Å². The van der Waals surface area contributed by atoms with Gasteiger partial charge in [0.25, 0.3) is 0 Å². The van der Waals surface area contributed by atoms with Crippen LogP contribution < -0.4 is 18.9 Å². The average Bonchev–Trinajstić information content (AvgIpc) is 3.11. The van der Waals surface area contributed by atoms with Gasteiger partial charge in [0.1, 0.15) is 40.9 Å². The van der Waals surface area contributed by atoms with Gasteiger partial charge in [-0.2, -0.15) is 0 Å². The fourth-order valence-corrected chi connectivity index (χ4v) is 5.02. The van der Waals surface area contributed by atoms with Gasteiger partial charge in [-0.25, -0.2) is 4.79 Å². The summed E-state index contributed by atoms with van der Waals surface area (Å²) in [6.45, 7) is 5.29. The Morgan fingerprint density at radius 1 is 0.729 bits per heavy atom. The van der Waals surface area contributed by atoms with Crippen LogP contribution in [0.15, 0.2) is 97.2 Å². The van der Waals surface area contributed by atoms with Crippen molar-refractivity contribution in [2.45, 2.75) is 46.1 Å². The number of aryl methyl sites for hydroxylation is 1. The number of esters is 1. The lowest BCUT2D eigenvalue weighted by Gasteiger charge is -2.18. The highest BCUT2D eigenvalue weighted by molar-refractivity contribution is 6.06. The summed E-state index contributed by atoms with van der Waals surface area (Å²) in [5.74, 6) is 2.35. The zero-order chi connectivity index (χ0) is 34.3. The Morgan fingerprint density at radius 3 is 2.12 bits per heavy atom. The molecule has 8 heteroatoms. The SMILES string of the molecule is CCCc1c(OCCCOc2cc(OCc3ccccc3)c(C(=O)/C=C/N(C)C)cc2CC)cccc1Oc1ccccc1C(=O)OC. The smallest absolute Gasteiger partial charge is 0.341 e. The van der Waals surface area contributed by atoms with Crippen molar-refractivity contribution in [3.63, 3.8) is 0 Å². The van der Waals surface area contributed by atoms with E-state index in [9.17, 15) is 9.59 Å². The molecule has 0 N–H and O–H groups in total. The highest BCUT2D eigenvalue weighted by atomic mass is 16.5. The first-order valence-corrected chi connectivity index (χ1v) is 16.3. The second-order valence-corrected chi connectivity index (χ2v) is 11.4. The van der Waals surface area contributed by atoms with Gasteiger partial charge in [0, 0.05) is 44.4 Å². The number of ketones is 1. The monoisotopic (exact) mass is 651 g/mol. The molecule has 0 bridgehead atoms. The van der Waals surface area contributed by atoms with E-state index in [2.05, 4.69) is 6.92 Å². The molecule has 0 amide bonds. The number of hydrogen-bond acceptors (Lipinski definition) is 8. The second kappa shape index (κ2) is 18.2. The van der Waals surface area contributed by atoms with Gasteiger partial charge in [-0.05, 0) is 54.3 Å². The Hall–Kier alpha value is -5.24. The summed E-state index contributed by atoms with van der Waals surface area (Å²) < 4.78 is 29.8. The van der Waals surface area contributed by atoms with Crippen LogP contribution in [-0.4, -0.2) is 51.1 Å². The topological polar surface area (TPSA) is 83.5 Å². The predicted molar refractivity (Wildman–Crippen MR) is 188 cm³/mol. The maximum atomic E-state index is 13.2. The molecule has 48 heavy (non-hydrogen) atoms. The van der Waals surface area contributed by atoms with Crippen molar-refractivity contribution in [2.24, 2.45) is 0 Å². The molecular weight excluding hydrogens is 606 g/mol. The van der Waals surface area contributed by atoms with E-state index in [1.54, 1.807) is 30.5 Å². The van der Waals surface area contributed by atoms with Crippen LogP contribution in [0.3, 0.4) is 0 Å². The normalized spacial score (nSPS) is 10.9. The van der Waals surface area contributed by atoms with E-state index in [1.165, 1.54) is 7.11 Å². The zero-order valence-electron chi connectivity index (χ0n) is 28.5. The molecule has 0 radical (unpaired) electrons. The molecule has 0 saturated carbocycles. The third-order valence-corrected chi connectivity index (χ3v) is 7.48. The molecule has 4 aromatic rings. The average molecular weight is 652 g/mol. The first-order chi connectivity index (χ1) is 23.3.